The second-order valence-electron chi connectivity index (χ2n) is 8.02. The van der Waals surface area contributed by atoms with E-state index < -0.39 is 5.60 Å². The van der Waals surface area contributed by atoms with Crippen molar-refractivity contribution in [2.75, 3.05) is 26.2 Å². The molecule has 0 bridgehead atoms. The Balaban J connectivity index is 1.42. The van der Waals surface area contributed by atoms with E-state index in [4.69, 9.17) is 4.74 Å². The van der Waals surface area contributed by atoms with Gasteiger partial charge >= 0.3 is 5.97 Å². The molecule has 1 spiro atoms. The van der Waals surface area contributed by atoms with Crippen LogP contribution in [0.2, 0.25) is 0 Å². The van der Waals surface area contributed by atoms with E-state index in [-0.39, 0.29) is 30.1 Å². The van der Waals surface area contributed by atoms with Crippen LogP contribution in [0.4, 0.5) is 0 Å². The highest BCUT2D eigenvalue weighted by Crippen LogP contribution is 2.46. The molecule has 1 atom stereocenters. The van der Waals surface area contributed by atoms with Crippen LogP contribution in [0.5, 0.6) is 0 Å². The molecule has 1 aromatic rings. The molecule has 3 fully saturated rings. The molecule has 0 N–H and O–H groups in total. The van der Waals surface area contributed by atoms with Gasteiger partial charge in [0, 0.05) is 32.4 Å². The summed E-state index contributed by atoms with van der Waals surface area (Å²) in [5, 5.41) is 0. The van der Waals surface area contributed by atoms with Crippen LogP contribution < -0.4 is 0 Å². The third-order valence-corrected chi connectivity index (χ3v) is 6.17. The van der Waals surface area contributed by atoms with Crippen molar-refractivity contribution < 1.29 is 19.1 Å². The number of carbonyl (C=O) groups is 3. The van der Waals surface area contributed by atoms with Gasteiger partial charge in [0.15, 0.2) is 0 Å². The van der Waals surface area contributed by atoms with Crippen molar-refractivity contribution in [1.29, 1.82) is 0 Å². The van der Waals surface area contributed by atoms with Crippen LogP contribution in [0.15, 0.2) is 12.4 Å². The highest BCUT2D eigenvalue weighted by Gasteiger charge is 2.54. The zero-order valence-corrected chi connectivity index (χ0v) is 16.2. The van der Waals surface area contributed by atoms with Crippen LogP contribution >= 0.6 is 0 Å². The largest absolute Gasteiger partial charge is 0.458 e. The van der Waals surface area contributed by atoms with Gasteiger partial charge in [0.2, 0.25) is 5.91 Å². The number of aryl methyl sites for hydroxylation is 1. The molecule has 2 amide bonds. The van der Waals surface area contributed by atoms with Crippen LogP contribution in [0.25, 0.3) is 0 Å². The third kappa shape index (κ3) is 3.47. The number of hydrogen-bond acceptors (Lipinski definition) is 6. The van der Waals surface area contributed by atoms with Gasteiger partial charge in [0.1, 0.15) is 11.3 Å². The molecule has 3 aliphatic rings. The monoisotopic (exact) mass is 386 g/mol. The summed E-state index contributed by atoms with van der Waals surface area (Å²) in [4.78, 5) is 49.7. The molecule has 150 valence electrons. The molecular weight excluding hydrogens is 360 g/mol. The second kappa shape index (κ2) is 7.48. The summed E-state index contributed by atoms with van der Waals surface area (Å²) in [5.74, 6) is -0.803. The standard InChI is InChI=1S/C20H26N4O4/c1-14-12-22-16(13-21-14)19(27)24-8-4-7-23(9-10-24)18(26)15-11-17(25)28-20(15)5-2-3-6-20/h12-13,15H,2-11H2,1H3. The molecule has 8 heteroatoms. The Morgan fingerprint density at radius 2 is 1.75 bits per heavy atom. The summed E-state index contributed by atoms with van der Waals surface area (Å²) in [7, 11) is 0. The molecule has 4 rings (SSSR count). The molecule has 1 saturated carbocycles. The van der Waals surface area contributed by atoms with Crippen molar-refractivity contribution in [3.63, 3.8) is 0 Å². The number of carbonyl (C=O) groups excluding carboxylic acids is 3. The van der Waals surface area contributed by atoms with Gasteiger partial charge in [0.25, 0.3) is 5.91 Å². The maximum absolute atomic E-state index is 13.2. The van der Waals surface area contributed by atoms with Crippen LogP contribution in [0.1, 0.15) is 54.7 Å². The van der Waals surface area contributed by atoms with Gasteiger partial charge in [-0.1, -0.05) is 0 Å². The van der Waals surface area contributed by atoms with E-state index in [1.54, 1.807) is 16.0 Å². The van der Waals surface area contributed by atoms with Crippen LogP contribution in [-0.2, 0) is 14.3 Å². The smallest absolute Gasteiger partial charge is 0.307 e. The number of amides is 2. The van der Waals surface area contributed by atoms with Crippen molar-refractivity contribution in [2.45, 2.75) is 51.0 Å². The molecule has 8 nitrogen and oxygen atoms in total. The van der Waals surface area contributed by atoms with E-state index in [2.05, 4.69) is 9.97 Å². The summed E-state index contributed by atoms with van der Waals surface area (Å²) < 4.78 is 5.63. The summed E-state index contributed by atoms with van der Waals surface area (Å²) in [6, 6.07) is 0. The van der Waals surface area contributed by atoms with Crippen molar-refractivity contribution in [1.82, 2.24) is 19.8 Å². The van der Waals surface area contributed by atoms with Crippen molar-refractivity contribution in [2.24, 2.45) is 5.92 Å². The zero-order chi connectivity index (χ0) is 19.7. The minimum Gasteiger partial charge on any atom is -0.458 e. The van der Waals surface area contributed by atoms with Crippen LogP contribution in [0, 0.1) is 12.8 Å². The quantitative estimate of drug-likeness (QED) is 0.712. The average molecular weight is 386 g/mol. The van der Waals surface area contributed by atoms with E-state index in [0.717, 1.165) is 31.4 Å². The maximum atomic E-state index is 13.2. The Hall–Kier alpha value is -2.51. The average Bonchev–Trinajstić information content (AvgIpc) is 3.19. The molecule has 2 aliphatic heterocycles. The topological polar surface area (TPSA) is 92.7 Å². The Bertz CT molecular complexity index is 773. The SMILES string of the molecule is Cc1cnc(C(=O)N2CCCN(C(=O)C3CC(=O)OC34CCCC4)CC2)cn1. The summed E-state index contributed by atoms with van der Waals surface area (Å²) in [5.41, 5.74) is 0.497. The number of esters is 1. The lowest BCUT2D eigenvalue weighted by molar-refractivity contribution is -0.151. The van der Waals surface area contributed by atoms with Crippen molar-refractivity contribution in [3.8, 4) is 0 Å². The van der Waals surface area contributed by atoms with Crippen LogP contribution in [0.3, 0.4) is 0 Å². The number of nitrogens with zero attached hydrogens (tertiary/aromatic N) is 4. The predicted molar refractivity (Wildman–Crippen MR) is 99.3 cm³/mol. The zero-order valence-electron chi connectivity index (χ0n) is 16.2. The first-order valence-electron chi connectivity index (χ1n) is 10.1. The Labute approximate surface area is 164 Å². The fourth-order valence-electron chi connectivity index (χ4n) is 4.65. The molecule has 3 heterocycles. The van der Waals surface area contributed by atoms with Gasteiger partial charge in [-0.3, -0.25) is 19.4 Å². The van der Waals surface area contributed by atoms with E-state index in [9.17, 15) is 14.4 Å². The first-order chi connectivity index (χ1) is 13.5. The molecule has 1 unspecified atom stereocenters. The Morgan fingerprint density at radius 3 is 2.46 bits per heavy atom. The van der Waals surface area contributed by atoms with Gasteiger partial charge in [-0.25, -0.2) is 4.98 Å². The van der Waals surface area contributed by atoms with E-state index in [0.29, 0.717) is 38.3 Å². The summed E-state index contributed by atoms with van der Waals surface area (Å²) in [6.07, 6.45) is 7.51. The van der Waals surface area contributed by atoms with Gasteiger partial charge in [-0.2, -0.15) is 0 Å². The molecule has 0 radical (unpaired) electrons. The highest BCUT2D eigenvalue weighted by molar-refractivity contribution is 5.92. The van der Waals surface area contributed by atoms with E-state index in [1.165, 1.54) is 6.20 Å². The van der Waals surface area contributed by atoms with Crippen LogP contribution in [-0.4, -0.2) is 69.3 Å². The van der Waals surface area contributed by atoms with Gasteiger partial charge in [0.05, 0.1) is 24.2 Å². The number of ether oxygens (including phenoxy) is 1. The lowest BCUT2D eigenvalue weighted by Crippen LogP contribution is -2.46. The van der Waals surface area contributed by atoms with Gasteiger partial charge < -0.3 is 14.5 Å². The molecule has 0 aromatic carbocycles. The number of aromatic nitrogens is 2. The molecule has 1 aliphatic carbocycles. The first kappa shape index (κ1) is 18.8. The lowest BCUT2D eigenvalue weighted by Gasteiger charge is -2.32. The molecule has 2 saturated heterocycles. The minimum absolute atomic E-state index is 0.00261. The molecule has 28 heavy (non-hydrogen) atoms. The number of hydrogen-bond donors (Lipinski definition) is 0. The normalized spacial score (nSPS) is 24.3. The van der Waals surface area contributed by atoms with Gasteiger partial charge in [-0.15, -0.1) is 0 Å². The maximum Gasteiger partial charge on any atom is 0.307 e. The minimum atomic E-state index is -0.590. The van der Waals surface area contributed by atoms with Crippen molar-refractivity contribution in [3.05, 3.63) is 23.8 Å². The third-order valence-electron chi connectivity index (χ3n) is 6.17. The van der Waals surface area contributed by atoms with E-state index >= 15 is 0 Å². The second-order valence-corrected chi connectivity index (χ2v) is 8.02. The first-order valence-corrected chi connectivity index (χ1v) is 10.1. The summed E-state index contributed by atoms with van der Waals surface area (Å²) >= 11 is 0. The Morgan fingerprint density at radius 1 is 1.04 bits per heavy atom. The molecule has 1 aromatic heterocycles. The molecular formula is C20H26N4O4. The summed E-state index contributed by atoms with van der Waals surface area (Å²) in [6.45, 7) is 3.90. The fraction of sp³-hybridized carbons (Fsp3) is 0.650. The highest BCUT2D eigenvalue weighted by atomic mass is 16.6. The van der Waals surface area contributed by atoms with Crippen molar-refractivity contribution >= 4 is 17.8 Å². The fourth-order valence-corrected chi connectivity index (χ4v) is 4.65. The van der Waals surface area contributed by atoms with E-state index in [1.807, 2.05) is 6.92 Å². The lowest BCUT2D eigenvalue weighted by atomic mass is 9.84. The van der Waals surface area contributed by atoms with Gasteiger partial charge in [-0.05, 0) is 39.0 Å². The predicted octanol–water partition coefficient (Wildman–Crippen LogP) is 1.34. The Kier molecular flexibility index (Phi) is 5.03. The number of rotatable bonds is 2.